The van der Waals surface area contributed by atoms with Crippen molar-refractivity contribution in [3.05, 3.63) is 54.1 Å². The van der Waals surface area contributed by atoms with Crippen LogP contribution in [0, 0.1) is 6.92 Å². The fourth-order valence-corrected chi connectivity index (χ4v) is 4.97. The number of anilines is 1. The highest BCUT2D eigenvalue weighted by Crippen LogP contribution is 2.35. The highest BCUT2D eigenvalue weighted by molar-refractivity contribution is 7.92. The number of hydrogen-bond acceptors (Lipinski definition) is 5. The van der Waals surface area contributed by atoms with E-state index in [1.165, 1.54) is 38.1 Å². The quantitative estimate of drug-likeness (QED) is 0.771. The van der Waals surface area contributed by atoms with Crippen LogP contribution in [0.5, 0.6) is 0 Å². The molecule has 0 aliphatic rings. The van der Waals surface area contributed by atoms with E-state index in [0.29, 0.717) is 5.56 Å². The first kappa shape index (κ1) is 21.2. The van der Waals surface area contributed by atoms with Gasteiger partial charge in [0.15, 0.2) is 9.84 Å². The third kappa shape index (κ3) is 4.81. The molecule has 0 aliphatic carbocycles. The molecule has 2 aromatic carbocycles. The van der Waals surface area contributed by atoms with E-state index in [-0.39, 0.29) is 10.6 Å². The summed E-state index contributed by atoms with van der Waals surface area (Å²) >= 11 is 0. The lowest BCUT2D eigenvalue weighted by Crippen LogP contribution is -2.29. The van der Waals surface area contributed by atoms with Crippen LogP contribution in [-0.4, -0.2) is 34.1 Å². The fraction of sp³-hybridized carbons (Fsp3) is 0.294. The average Bonchev–Trinajstić information content (AvgIpc) is 2.55. The highest BCUT2D eigenvalue weighted by Gasteiger charge is 2.48. The smallest absolute Gasteiger partial charge is 0.380 e. The maximum Gasteiger partial charge on any atom is 0.501 e. The van der Waals surface area contributed by atoms with Crippen molar-refractivity contribution in [2.45, 2.75) is 35.2 Å². The Bertz CT molecular complexity index is 1020. The van der Waals surface area contributed by atoms with Gasteiger partial charge >= 0.3 is 5.51 Å². The fourth-order valence-electron chi connectivity index (χ4n) is 2.46. The van der Waals surface area contributed by atoms with Crippen molar-refractivity contribution in [2.24, 2.45) is 0 Å². The minimum atomic E-state index is -5.58. The third-order valence-corrected chi connectivity index (χ3v) is 7.16. The Labute approximate surface area is 156 Å². The van der Waals surface area contributed by atoms with Crippen LogP contribution in [0.3, 0.4) is 0 Å². The largest absolute Gasteiger partial charge is 0.501 e. The van der Waals surface area contributed by atoms with Crippen molar-refractivity contribution in [3.8, 4) is 0 Å². The standard InChI is InChI=1S/C17H18F3NO4S2/c1-12-8-9-15(16(10-12)27(24,25)17(18,19)20)21-13(2)11-26(22,23)14-6-4-3-5-7-14/h3-10,13,21H,11H2,1-2H3. The molecule has 0 spiro atoms. The van der Waals surface area contributed by atoms with Crippen LogP contribution in [0.4, 0.5) is 18.9 Å². The minimum Gasteiger partial charge on any atom is -0.380 e. The molecule has 0 fully saturated rings. The predicted molar refractivity (Wildman–Crippen MR) is 96.0 cm³/mol. The zero-order valence-electron chi connectivity index (χ0n) is 14.5. The van der Waals surface area contributed by atoms with Crippen LogP contribution in [0.1, 0.15) is 12.5 Å². The summed E-state index contributed by atoms with van der Waals surface area (Å²) in [5.41, 5.74) is -5.43. The van der Waals surface area contributed by atoms with Gasteiger partial charge in [0.2, 0.25) is 0 Å². The van der Waals surface area contributed by atoms with E-state index >= 15 is 0 Å². The molecule has 10 heteroatoms. The molecule has 0 aliphatic heterocycles. The number of alkyl halides is 3. The number of nitrogens with one attached hydrogen (secondary N) is 1. The van der Waals surface area contributed by atoms with Gasteiger partial charge < -0.3 is 5.32 Å². The summed E-state index contributed by atoms with van der Waals surface area (Å²) in [6.45, 7) is 2.91. The molecule has 2 rings (SSSR count). The molecule has 0 bridgehead atoms. The van der Waals surface area contributed by atoms with E-state index in [2.05, 4.69) is 5.32 Å². The molecule has 0 saturated carbocycles. The number of benzene rings is 2. The van der Waals surface area contributed by atoms with E-state index < -0.39 is 41.9 Å². The maximum absolute atomic E-state index is 12.9. The lowest BCUT2D eigenvalue weighted by Gasteiger charge is -2.19. The molecule has 0 heterocycles. The average molecular weight is 421 g/mol. The van der Waals surface area contributed by atoms with Crippen molar-refractivity contribution in [2.75, 3.05) is 11.1 Å². The van der Waals surface area contributed by atoms with Crippen LogP contribution in [0.25, 0.3) is 0 Å². The van der Waals surface area contributed by atoms with Gasteiger partial charge in [0.25, 0.3) is 9.84 Å². The van der Waals surface area contributed by atoms with E-state index in [4.69, 9.17) is 0 Å². The molecular weight excluding hydrogens is 403 g/mol. The molecule has 1 unspecified atom stereocenters. The summed E-state index contributed by atoms with van der Waals surface area (Å²) in [5.74, 6) is -0.420. The lowest BCUT2D eigenvalue weighted by atomic mass is 10.2. The van der Waals surface area contributed by atoms with Gasteiger partial charge in [-0.1, -0.05) is 24.3 Å². The normalized spacial score (nSPS) is 14.0. The molecule has 1 atom stereocenters. The second-order valence-corrected chi connectivity index (χ2v) is 10.0. The van der Waals surface area contributed by atoms with Crippen molar-refractivity contribution in [1.82, 2.24) is 0 Å². The van der Waals surface area contributed by atoms with Gasteiger partial charge in [-0.25, -0.2) is 16.8 Å². The number of sulfone groups is 2. The summed E-state index contributed by atoms with van der Waals surface area (Å²) < 4.78 is 87.3. The molecule has 27 heavy (non-hydrogen) atoms. The summed E-state index contributed by atoms with van der Waals surface area (Å²) in [4.78, 5) is -0.857. The van der Waals surface area contributed by atoms with Gasteiger partial charge in [0.1, 0.15) is 0 Å². The molecule has 1 N–H and O–H groups in total. The Hall–Kier alpha value is -2.07. The van der Waals surface area contributed by atoms with Gasteiger partial charge in [-0.2, -0.15) is 13.2 Å². The van der Waals surface area contributed by atoms with Crippen LogP contribution in [-0.2, 0) is 19.7 Å². The zero-order valence-corrected chi connectivity index (χ0v) is 16.1. The number of rotatable bonds is 6. The Morgan fingerprint density at radius 2 is 1.59 bits per heavy atom. The van der Waals surface area contributed by atoms with Crippen LogP contribution >= 0.6 is 0 Å². The predicted octanol–water partition coefficient (Wildman–Crippen LogP) is 3.56. The second-order valence-electron chi connectivity index (χ2n) is 6.09. The Balaban J connectivity index is 2.33. The summed E-state index contributed by atoms with van der Waals surface area (Å²) in [6.07, 6.45) is 0. The molecule has 0 radical (unpaired) electrons. The van der Waals surface area contributed by atoms with Crippen molar-refractivity contribution in [1.29, 1.82) is 0 Å². The molecule has 2 aromatic rings. The summed E-state index contributed by atoms with van der Waals surface area (Å²) in [7, 11) is -9.28. The number of aryl methyl sites for hydroxylation is 1. The third-order valence-electron chi connectivity index (χ3n) is 3.70. The summed E-state index contributed by atoms with van der Waals surface area (Å²) in [6, 6.07) is 10.3. The first-order valence-electron chi connectivity index (χ1n) is 7.81. The van der Waals surface area contributed by atoms with Crippen LogP contribution < -0.4 is 5.32 Å². The zero-order chi connectivity index (χ0) is 20.5. The van der Waals surface area contributed by atoms with E-state index in [1.807, 2.05) is 0 Å². The van der Waals surface area contributed by atoms with E-state index in [9.17, 15) is 30.0 Å². The second kappa shape index (κ2) is 7.51. The van der Waals surface area contributed by atoms with Crippen LogP contribution in [0.15, 0.2) is 58.3 Å². The van der Waals surface area contributed by atoms with E-state index in [1.54, 1.807) is 18.2 Å². The maximum atomic E-state index is 12.9. The van der Waals surface area contributed by atoms with Gasteiger partial charge in [0.05, 0.1) is 21.2 Å². The molecule has 0 amide bonds. The van der Waals surface area contributed by atoms with Gasteiger partial charge in [-0.15, -0.1) is 0 Å². The molecule has 0 saturated heterocycles. The Kier molecular flexibility index (Phi) is 5.91. The molecule has 148 valence electrons. The van der Waals surface area contributed by atoms with Crippen molar-refractivity contribution < 1.29 is 30.0 Å². The SMILES string of the molecule is Cc1ccc(NC(C)CS(=O)(=O)c2ccccc2)c(S(=O)(=O)C(F)(F)F)c1. The Morgan fingerprint density at radius 1 is 1.00 bits per heavy atom. The summed E-state index contributed by atoms with van der Waals surface area (Å²) in [5, 5.41) is 2.58. The van der Waals surface area contributed by atoms with Crippen molar-refractivity contribution >= 4 is 25.4 Å². The van der Waals surface area contributed by atoms with Gasteiger partial charge in [0, 0.05) is 6.04 Å². The van der Waals surface area contributed by atoms with Gasteiger partial charge in [-0.05, 0) is 43.7 Å². The minimum absolute atomic E-state index is 0.0747. The first-order valence-corrected chi connectivity index (χ1v) is 10.9. The molecular formula is C17H18F3NO4S2. The molecule has 0 aromatic heterocycles. The highest BCUT2D eigenvalue weighted by atomic mass is 32.2. The molecule has 5 nitrogen and oxygen atoms in total. The number of halogens is 3. The Morgan fingerprint density at radius 3 is 2.15 bits per heavy atom. The topological polar surface area (TPSA) is 80.3 Å². The van der Waals surface area contributed by atoms with E-state index in [0.717, 1.165) is 6.07 Å². The first-order chi connectivity index (χ1) is 12.3. The van der Waals surface area contributed by atoms with Gasteiger partial charge in [-0.3, -0.25) is 0 Å². The lowest BCUT2D eigenvalue weighted by molar-refractivity contribution is -0.0435. The van der Waals surface area contributed by atoms with Crippen molar-refractivity contribution in [3.63, 3.8) is 0 Å². The monoisotopic (exact) mass is 421 g/mol. The number of hydrogen-bond donors (Lipinski definition) is 1. The van der Waals surface area contributed by atoms with Crippen LogP contribution in [0.2, 0.25) is 0 Å².